The Morgan fingerprint density at radius 2 is 1.96 bits per heavy atom. The number of hydrogen-bond acceptors (Lipinski definition) is 6. The number of nitro groups is 1. The smallest absolute Gasteiger partial charge is 0.293 e. The molecule has 1 aromatic heterocycles. The highest BCUT2D eigenvalue weighted by molar-refractivity contribution is 5.64. The van der Waals surface area contributed by atoms with E-state index >= 15 is 0 Å². The topological polar surface area (TPSA) is 95.1 Å². The monoisotopic (exact) mass is 351 g/mol. The molecule has 1 aliphatic rings. The van der Waals surface area contributed by atoms with Gasteiger partial charge in [0.2, 0.25) is 0 Å². The number of aromatic nitrogens is 1. The van der Waals surface area contributed by atoms with Crippen molar-refractivity contribution in [2.75, 3.05) is 23.3 Å². The Bertz CT molecular complexity index is 806. The highest BCUT2D eigenvalue weighted by Gasteiger charge is 2.15. The van der Waals surface area contributed by atoms with E-state index in [1.165, 1.54) is 31.7 Å². The van der Waals surface area contributed by atoms with Crippen LogP contribution < -0.4 is 10.2 Å². The zero-order chi connectivity index (χ0) is 18.4. The number of pyridine rings is 1. The molecule has 0 amide bonds. The van der Waals surface area contributed by atoms with Crippen LogP contribution in [-0.4, -0.2) is 23.0 Å². The molecule has 26 heavy (non-hydrogen) atoms. The molecule has 7 nitrogen and oxygen atoms in total. The molecular weight excluding hydrogens is 330 g/mol. The predicted octanol–water partition coefficient (Wildman–Crippen LogP) is 3.85. The highest BCUT2D eigenvalue weighted by Crippen LogP contribution is 2.26. The van der Waals surface area contributed by atoms with Crippen LogP contribution in [0.5, 0.6) is 0 Å². The second kappa shape index (κ2) is 8.30. The van der Waals surface area contributed by atoms with E-state index in [0.717, 1.165) is 24.5 Å². The molecule has 2 aromatic rings. The molecule has 1 N–H and O–H groups in total. The number of nitro benzene ring substituents is 1. The fourth-order valence-electron chi connectivity index (χ4n) is 3.11. The van der Waals surface area contributed by atoms with E-state index in [1.807, 2.05) is 24.4 Å². The van der Waals surface area contributed by atoms with Crippen LogP contribution in [0.4, 0.5) is 17.2 Å². The van der Waals surface area contributed by atoms with Gasteiger partial charge in [0.05, 0.1) is 16.6 Å². The van der Waals surface area contributed by atoms with Crippen molar-refractivity contribution in [3.63, 3.8) is 0 Å². The van der Waals surface area contributed by atoms with Crippen LogP contribution in [0.1, 0.15) is 36.8 Å². The van der Waals surface area contributed by atoms with Crippen LogP contribution >= 0.6 is 0 Å². The van der Waals surface area contributed by atoms with E-state index in [0.29, 0.717) is 12.2 Å². The lowest BCUT2D eigenvalue weighted by Gasteiger charge is -2.21. The average molecular weight is 351 g/mol. The summed E-state index contributed by atoms with van der Waals surface area (Å²) in [5, 5.41) is 23.1. The zero-order valence-electron chi connectivity index (χ0n) is 14.5. The molecule has 0 aliphatic carbocycles. The Morgan fingerprint density at radius 3 is 2.58 bits per heavy atom. The van der Waals surface area contributed by atoms with E-state index in [1.54, 1.807) is 12.1 Å². The first kappa shape index (κ1) is 17.7. The van der Waals surface area contributed by atoms with Gasteiger partial charge >= 0.3 is 0 Å². The van der Waals surface area contributed by atoms with Crippen LogP contribution in [0.15, 0.2) is 36.5 Å². The maximum Gasteiger partial charge on any atom is 0.293 e. The van der Waals surface area contributed by atoms with Gasteiger partial charge < -0.3 is 10.2 Å². The minimum Gasteiger partial charge on any atom is -0.375 e. The summed E-state index contributed by atoms with van der Waals surface area (Å²) in [6, 6.07) is 10.3. The molecule has 0 atom stereocenters. The number of nitrogens with zero attached hydrogens (tertiary/aromatic N) is 4. The molecule has 1 fully saturated rings. The van der Waals surface area contributed by atoms with E-state index in [2.05, 4.69) is 15.2 Å². The Morgan fingerprint density at radius 1 is 1.19 bits per heavy atom. The fraction of sp³-hybridized carbons (Fsp3) is 0.368. The average Bonchev–Trinajstić information content (AvgIpc) is 2.96. The molecule has 0 saturated carbocycles. The highest BCUT2D eigenvalue weighted by atomic mass is 16.6. The van der Waals surface area contributed by atoms with Crippen LogP contribution in [0.25, 0.3) is 0 Å². The van der Waals surface area contributed by atoms with Crippen molar-refractivity contribution in [2.24, 2.45) is 0 Å². The summed E-state index contributed by atoms with van der Waals surface area (Å²) in [5.74, 6) is 0.986. The van der Waals surface area contributed by atoms with E-state index in [-0.39, 0.29) is 11.3 Å². The first-order valence-corrected chi connectivity index (χ1v) is 8.79. The number of nitrogens with one attached hydrogen (secondary N) is 1. The molecule has 1 aliphatic heterocycles. The summed E-state index contributed by atoms with van der Waals surface area (Å²) in [7, 11) is 0. The summed E-state index contributed by atoms with van der Waals surface area (Å²) < 4.78 is 0. The number of benzene rings is 1. The molecule has 1 aromatic carbocycles. The van der Waals surface area contributed by atoms with Crippen LogP contribution in [0, 0.1) is 21.4 Å². The van der Waals surface area contributed by atoms with E-state index < -0.39 is 4.92 Å². The summed E-state index contributed by atoms with van der Waals surface area (Å²) in [6.45, 7) is 2.52. The number of rotatable bonds is 5. The van der Waals surface area contributed by atoms with Gasteiger partial charge in [-0.25, -0.2) is 4.98 Å². The molecule has 3 rings (SSSR count). The van der Waals surface area contributed by atoms with Gasteiger partial charge in [0.1, 0.15) is 11.5 Å². The van der Waals surface area contributed by atoms with Gasteiger partial charge in [-0.2, -0.15) is 5.26 Å². The first-order chi connectivity index (χ1) is 12.7. The second-order valence-corrected chi connectivity index (χ2v) is 6.38. The molecule has 0 radical (unpaired) electrons. The SMILES string of the molecule is N#Cc1ccc(NCc2ccc(N3CCCCCC3)nc2)c([N+](=O)[O-])c1. The van der Waals surface area contributed by atoms with Crippen molar-refractivity contribution in [3.05, 3.63) is 57.8 Å². The zero-order valence-corrected chi connectivity index (χ0v) is 14.5. The van der Waals surface area contributed by atoms with Crippen molar-refractivity contribution >= 4 is 17.2 Å². The minimum atomic E-state index is -0.482. The third kappa shape index (κ3) is 4.28. The van der Waals surface area contributed by atoms with Crippen LogP contribution in [0.3, 0.4) is 0 Å². The first-order valence-electron chi connectivity index (χ1n) is 8.79. The van der Waals surface area contributed by atoms with Crippen molar-refractivity contribution in [1.82, 2.24) is 4.98 Å². The summed E-state index contributed by atoms with van der Waals surface area (Å²) in [6.07, 6.45) is 6.77. The standard InChI is InChI=1S/C19H21N5O2/c20-12-15-5-7-17(18(11-15)24(25)26)21-13-16-6-8-19(22-14-16)23-9-3-1-2-4-10-23/h5-8,11,14,21H,1-4,9-10,13H2. The lowest BCUT2D eigenvalue weighted by Crippen LogP contribution is -2.24. The third-order valence-corrected chi connectivity index (χ3v) is 4.55. The van der Waals surface area contributed by atoms with Crippen molar-refractivity contribution in [1.29, 1.82) is 5.26 Å². The van der Waals surface area contributed by atoms with Gasteiger partial charge in [-0.3, -0.25) is 10.1 Å². The summed E-state index contributed by atoms with van der Waals surface area (Å²) in [5.41, 5.74) is 1.51. The van der Waals surface area contributed by atoms with Crippen LogP contribution in [0.2, 0.25) is 0 Å². The van der Waals surface area contributed by atoms with E-state index in [9.17, 15) is 10.1 Å². The Balaban J connectivity index is 1.67. The normalized spacial score (nSPS) is 14.3. The quantitative estimate of drug-likeness (QED) is 0.649. The molecule has 134 valence electrons. The van der Waals surface area contributed by atoms with Gasteiger partial charge in [0, 0.05) is 31.9 Å². The Kier molecular flexibility index (Phi) is 5.64. The molecule has 1 saturated heterocycles. The fourth-order valence-corrected chi connectivity index (χ4v) is 3.11. The second-order valence-electron chi connectivity index (χ2n) is 6.38. The third-order valence-electron chi connectivity index (χ3n) is 4.55. The van der Waals surface area contributed by atoms with E-state index in [4.69, 9.17) is 5.26 Å². The maximum absolute atomic E-state index is 11.2. The Labute approximate surface area is 152 Å². The summed E-state index contributed by atoms with van der Waals surface area (Å²) in [4.78, 5) is 17.6. The largest absolute Gasteiger partial charge is 0.375 e. The van der Waals surface area contributed by atoms with Crippen molar-refractivity contribution in [3.8, 4) is 6.07 Å². The van der Waals surface area contributed by atoms with Gasteiger partial charge in [-0.05, 0) is 36.6 Å². The Hall–Kier alpha value is -3.14. The van der Waals surface area contributed by atoms with Gasteiger partial charge in [-0.15, -0.1) is 0 Å². The van der Waals surface area contributed by atoms with Gasteiger partial charge in [0.25, 0.3) is 5.69 Å². The predicted molar refractivity (Wildman–Crippen MR) is 100 cm³/mol. The number of nitriles is 1. The van der Waals surface area contributed by atoms with Crippen molar-refractivity contribution < 1.29 is 4.92 Å². The van der Waals surface area contributed by atoms with Gasteiger partial charge in [-0.1, -0.05) is 18.9 Å². The van der Waals surface area contributed by atoms with Crippen LogP contribution in [-0.2, 0) is 6.54 Å². The lowest BCUT2D eigenvalue weighted by molar-refractivity contribution is -0.384. The summed E-state index contributed by atoms with van der Waals surface area (Å²) >= 11 is 0. The molecular formula is C19H21N5O2. The lowest BCUT2D eigenvalue weighted by atomic mass is 10.2. The molecule has 7 heteroatoms. The van der Waals surface area contributed by atoms with Crippen molar-refractivity contribution in [2.45, 2.75) is 32.2 Å². The van der Waals surface area contributed by atoms with Gasteiger partial charge in [0.15, 0.2) is 0 Å². The molecule has 0 unspecified atom stereocenters. The number of hydrogen-bond donors (Lipinski definition) is 1. The molecule has 2 heterocycles. The molecule has 0 bridgehead atoms. The number of anilines is 2. The maximum atomic E-state index is 11.2. The minimum absolute atomic E-state index is 0.0989. The molecule has 0 spiro atoms.